The number of nitrogens with zero attached hydrogens (tertiary/aromatic N) is 3. The van der Waals surface area contributed by atoms with Crippen molar-refractivity contribution >= 4 is 33.0 Å². The molecule has 0 aliphatic carbocycles. The molecular formula is C15H14F3N5O7S. The van der Waals surface area contributed by atoms with E-state index in [2.05, 4.69) is 15.0 Å². The first-order valence-corrected chi connectivity index (χ1v) is 9.39. The van der Waals surface area contributed by atoms with Crippen LogP contribution in [-0.4, -0.2) is 69.0 Å². The van der Waals surface area contributed by atoms with Crippen molar-refractivity contribution in [3.63, 3.8) is 0 Å². The number of halogens is 3. The number of anilines is 1. The predicted molar refractivity (Wildman–Crippen MR) is 97.8 cm³/mol. The number of allylic oxidation sites excluding steroid dienone is 1. The van der Waals surface area contributed by atoms with Gasteiger partial charge in [0.1, 0.15) is 17.7 Å². The number of sulfonamides is 1. The zero-order valence-electron chi connectivity index (χ0n) is 16.0. The van der Waals surface area contributed by atoms with Gasteiger partial charge in [0, 0.05) is 7.11 Å². The number of carbonyl (C=O) groups excluding carboxylic acids is 2. The Morgan fingerprint density at radius 1 is 1.16 bits per heavy atom. The SMILES string of the molecule is COc1cc(OC)nc(NC(=O)NS(=O)(=O)C2=NC(C(F)(F)F)=CC(=C=O)C2OC)n1. The highest BCUT2D eigenvalue weighted by molar-refractivity contribution is 8.05. The van der Waals surface area contributed by atoms with Crippen molar-refractivity contribution in [1.29, 1.82) is 0 Å². The molecule has 0 spiro atoms. The maximum Gasteiger partial charge on any atom is 0.433 e. The molecule has 2 amide bonds. The number of aliphatic imine (C=N–C) groups is 1. The van der Waals surface area contributed by atoms with Crippen LogP contribution in [0.3, 0.4) is 0 Å². The summed E-state index contributed by atoms with van der Waals surface area (Å²) in [5.41, 5.74) is -2.48. The van der Waals surface area contributed by atoms with Crippen LogP contribution in [0, 0.1) is 0 Å². The van der Waals surface area contributed by atoms with Crippen molar-refractivity contribution in [3.05, 3.63) is 23.4 Å². The summed E-state index contributed by atoms with van der Waals surface area (Å²) in [6, 6.07) is -0.189. The summed E-state index contributed by atoms with van der Waals surface area (Å²) in [6.45, 7) is 0. The molecule has 2 rings (SSSR count). The third-order valence-electron chi connectivity index (χ3n) is 3.50. The minimum atomic E-state index is -5.09. The largest absolute Gasteiger partial charge is 0.481 e. The number of amides is 2. The molecule has 0 fully saturated rings. The van der Waals surface area contributed by atoms with Crippen LogP contribution in [0.15, 0.2) is 28.4 Å². The second-order valence-electron chi connectivity index (χ2n) is 5.49. The van der Waals surface area contributed by atoms with Crippen LogP contribution < -0.4 is 19.5 Å². The molecule has 0 saturated carbocycles. The van der Waals surface area contributed by atoms with Gasteiger partial charge in [0.15, 0.2) is 5.04 Å². The van der Waals surface area contributed by atoms with Crippen molar-refractivity contribution in [1.82, 2.24) is 14.7 Å². The van der Waals surface area contributed by atoms with Gasteiger partial charge in [-0.25, -0.2) is 19.3 Å². The van der Waals surface area contributed by atoms with Gasteiger partial charge in [-0.3, -0.25) is 5.32 Å². The molecule has 168 valence electrons. The van der Waals surface area contributed by atoms with Crippen LogP contribution in [0.1, 0.15) is 0 Å². The van der Waals surface area contributed by atoms with E-state index in [1.165, 1.54) is 30.9 Å². The predicted octanol–water partition coefficient (Wildman–Crippen LogP) is 0.576. The van der Waals surface area contributed by atoms with Crippen molar-refractivity contribution in [2.45, 2.75) is 12.3 Å². The van der Waals surface area contributed by atoms with Crippen LogP contribution in [0.25, 0.3) is 0 Å². The van der Waals surface area contributed by atoms with E-state index in [0.29, 0.717) is 0 Å². The van der Waals surface area contributed by atoms with Crippen LogP contribution >= 0.6 is 0 Å². The molecule has 1 aliphatic heterocycles. The molecule has 0 radical (unpaired) electrons. The topological polar surface area (TPSA) is 158 Å². The standard InChI is InChI=1S/C15H14F3N5O7S/c1-28-9-5-10(29-2)21-13(20-9)22-14(25)23-31(26,27)12-11(30-3)7(6-24)4-8(19-12)15(16,17)18/h4-5,11H,1-3H3,(H2,20,21,22,23,25). The molecule has 12 nitrogen and oxygen atoms in total. The summed E-state index contributed by atoms with van der Waals surface area (Å²) in [6.07, 6.45) is -6.63. The fourth-order valence-electron chi connectivity index (χ4n) is 2.19. The number of hydrogen-bond acceptors (Lipinski definition) is 10. The fraction of sp³-hybridized carbons (Fsp3) is 0.333. The van der Waals surface area contributed by atoms with Crippen LogP contribution in [-0.2, 0) is 19.6 Å². The molecule has 1 unspecified atom stereocenters. The number of alkyl halides is 3. The maximum absolute atomic E-state index is 13.0. The summed E-state index contributed by atoms with van der Waals surface area (Å²) in [4.78, 5) is 33.6. The van der Waals surface area contributed by atoms with Crippen molar-refractivity contribution in [3.8, 4) is 11.8 Å². The highest BCUT2D eigenvalue weighted by Gasteiger charge is 2.43. The molecule has 1 atom stereocenters. The number of urea groups is 1. The molecule has 2 N–H and O–H groups in total. The first-order chi connectivity index (χ1) is 14.4. The molecule has 0 aromatic carbocycles. The molecule has 31 heavy (non-hydrogen) atoms. The lowest BCUT2D eigenvalue weighted by molar-refractivity contribution is -0.0926. The summed E-state index contributed by atoms with van der Waals surface area (Å²) >= 11 is 0. The maximum atomic E-state index is 13.0. The van der Waals surface area contributed by atoms with E-state index >= 15 is 0 Å². The Labute approximate surface area is 172 Å². The van der Waals surface area contributed by atoms with E-state index in [-0.39, 0.29) is 17.8 Å². The Kier molecular flexibility index (Phi) is 6.99. The molecule has 1 aliphatic rings. The molecule has 1 aromatic heterocycles. The Morgan fingerprint density at radius 2 is 1.74 bits per heavy atom. The van der Waals surface area contributed by atoms with Gasteiger partial charge in [0.05, 0.1) is 25.9 Å². The van der Waals surface area contributed by atoms with Crippen LogP contribution in [0.5, 0.6) is 11.8 Å². The van der Waals surface area contributed by atoms with Crippen LogP contribution in [0.4, 0.5) is 23.9 Å². The number of rotatable bonds is 4. The summed E-state index contributed by atoms with van der Waals surface area (Å²) in [5.74, 6) is 0.649. The molecule has 16 heteroatoms. The van der Waals surface area contributed by atoms with Crippen molar-refractivity contribution in [2.75, 3.05) is 26.6 Å². The molecule has 2 heterocycles. The van der Waals surface area contributed by atoms with Gasteiger partial charge >= 0.3 is 12.2 Å². The lowest BCUT2D eigenvalue weighted by atomic mass is 10.1. The zero-order valence-corrected chi connectivity index (χ0v) is 16.8. The smallest absolute Gasteiger partial charge is 0.433 e. The van der Waals surface area contributed by atoms with E-state index in [9.17, 15) is 31.2 Å². The first kappa shape index (κ1) is 23.8. The van der Waals surface area contributed by atoms with Gasteiger partial charge in [0.25, 0.3) is 10.0 Å². The Balaban J connectivity index is 2.35. The van der Waals surface area contributed by atoms with Gasteiger partial charge in [-0.15, -0.1) is 0 Å². The summed E-state index contributed by atoms with van der Waals surface area (Å²) < 4.78 is 80.1. The Hall–Kier alpha value is -3.49. The van der Waals surface area contributed by atoms with Gasteiger partial charge in [-0.2, -0.15) is 31.6 Å². The summed E-state index contributed by atoms with van der Waals surface area (Å²) in [7, 11) is -1.59. The number of ether oxygens (including phenoxy) is 3. The van der Waals surface area contributed by atoms with Crippen molar-refractivity contribution < 1.29 is 45.4 Å². The van der Waals surface area contributed by atoms with Crippen molar-refractivity contribution in [2.24, 2.45) is 4.99 Å². The zero-order chi connectivity index (χ0) is 23.4. The lowest BCUT2D eigenvalue weighted by Crippen LogP contribution is -2.45. The Morgan fingerprint density at radius 3 is 2.19 bits per heavy atom. The van der Waals surface area contributed by atoms with E-state index < -0.39 is 50.6 Å². The first-order valence-electron chi connectivity index (χ1n) is 7.91. The third-order valence-corrected chi connectivity index (χ3v) is 4.81. The molecule has 0 bridgehead atoms. The molecular weight excluding hydrogens is 451 g/mol. The Bertz CT molecular complexity index is 1070. The monoisotopic (exact) mass is 465 g/mol. The lowest BCUT2D eigenvalue weighted by Gasteiger charge is -2.22. The second-order valence-corrected chi connectivity index (χ2v) is 7.12. The summed E-state index contributed by atoms with van der Waals surface area (Å²) in [5, 5.41) is 0.682. The molecule has 0 saturated heterocycles. The van der Waals surface area contributed by atoms with Gasteiger partial charge < -0.3 is 14.2 Å². The number of carbonyl (C=O) groups is 1. The highest BCUT2D eigenvalue weighted by Crippen LogP contribution is 2.32. The average molecular weight is 465 g/mol. The van der Waals surface area contributed by atoms with E-state index in [1.807, 2.05) is 5.32 Å². The van der Waals surface area contributed by atoms with Gasteiger partial charge in [-0.1, -0.05) is 0 Å². The number of nitrogens with one attached hydrogen (secondary N) is 2. The number of aromatic nitrogens is 2. The minimum Gasteiger partial charge on any atom is -0.481 e. The molecule has 1 aromatic rings. The minimum absolute atomic E-state index is 0.0400. The highest BCUT2D eigenvalue weighted by atomic mass is 32.2. The fourth-order valence-corrected chi connectivity index (χ4v) is 3.32. The van der Waals surface area contributed by atoms with E-state index in [4.69, 9.17) is 14.2 Å². The second kappa shape index (κ2) is 9.11. The van der Waals surface area contributed by atoms with Crippen LogP contribution in [0.2, 0.25) is 0 Å². The normalized spacial score (nSPS) is 16.6. The number of hydrogen-bond donors (Lipinski definition) is 2. The van der Waals surface area contributed by atoms with Gasteiger partial charge in [0.2, 0.25) is 17.7 Å². The van der Waals surface area contributed by atoms with E-state index in [0.717, 1.165) is 7.11 Å². The third kappa shape index (κ3) is 5.56. The van der Waals surface area contributed by atoms with Gasteiger partial charge in [-0.05, 0) is 6.08 Å². The quantitative estimate of drug-likeness (QED) is 0.607. The number of methoxy groups -OCH3 is 3. The van der Waals surface area contributed by atoms with E-state index in [1.54, 1.807) is 0 Å². The average Bonchev–Trinajstić information content (AvgIpc) is 2.70.